The monoisotopic (exact) mass is 334 g/mol. The molecule has 0 aromatic carbocycles. The van der Waals surface area contributed by atoms with Crippen molar-refractivity contribution in [1.82, 2.24) is 19.3 Å². The molecule has 1 aliphatic rings. The molecule has 124 valence electrons. The van der Waals surface area contributed by atoms with Gasteiger partial charge in [0.1, 0.15) is 5.69 Å². The summed E-state index contributed by atoms with van der Waals surface area (Å²) in [7, 11) is 0. The molecule has 25 heavy (non-hydrogen) atoms. The van der Waals surface area contributed by atoms with Crippen molar-refractivity contribution in [3.05, 3.63) is 81.2 Å². The highest BCUT2D eigenvalue weighted by Gasteiger charge is 2.12. The fraction of sp³-hybridized carbons (Fsp3) is 0.167. The van der Waals surface area contributed by atoms with Gasteiger partial charge in [0.2, 0.25) is 0 Å². The summed E-state index contributed by atoms with van der Waals surface area (Å²) in [5, 5.41) is 3.96. The zero-order valence-electron chi connectivity index (χ0n) is 13.3. The van der Waals surface area contributed by atoms with Crippen LogP contribution < -0.4 is 11.1 Å². The molecule has 1 aliphatic carbocycles. The van der Waals surface area contributed by atoms with E-state index < -0.39 is 11.1 Å². The van der Waals surface area contributed by atoms with Gasteiger partial charge in [0.05, 0.1) is 12.2 Å². The van der Waals surface area contributed by atoms with Crippen molar-refractivity contribution < 1.29 is 4.52 Å². The molecule has 0 saturated carbocycles. The summed E-state index contributed by atoms with van der Waals surface area (Å²) in [5.74, 6) is 0.561. The predicted molar refractivity (Wildman–Crippen MR) is 90.8 cm³/mol. The van der Waals surface area contributed by atoms with Gasteiger partial charge in [0, 0.05) is 36.4 Å². The van der Waals surface area contributed by atoms with Crippen LogP contribution >= 0.6 is 0 Å². The Morgan fingerprint density at radius 3 is 2.92 bits per heavy atom. The smallest absolute Gasteiger partial charge is 0.321 e. The topological polar surface area (TPSA) is 82.9 Å². The minimum absolute atomic E-state index is 0.160. The van der Waals surface area contributed by atoms with E-state index in [2.05, 4.69) is 15.9 Å². The van der Waals surface area contributed by atoms with Gasteiger partial charge < -0.3 is 9.09 Å². The zero-order valence-corrected chi connectivity index (χ0v) is 13.3. The second kappa shape index (κ2) is 6.22. The molecule has 7 heteroatoms. The summed E-state index contributed by atoms with van der Waals surface area (Å²) in [6, 6.07) is 5.39. The number of nitrogens with zero attached hydrogens (tertiary/aromatic N) is 4. The molecule has 0 amide bonds. The molecule has 4 rings (SSSR count). The summed E-state index contributed by atoms with van der Waals surface area (Å²) in [4.78, 5) is 28.7. The third-order valence-electron chi connectivity index (χ3n) is 3.98. The molecule has 0 bridgehead atoms. The van der Waals surface area contributed by atoms with Gasteiger partial charge >= 0.3 is 11.1 Å². The number of allylic oxidation sites excluding steroid dienone is 1. The molecule has 0 radical (unpaired) electrons. The Bertz CT molecular complexity index is 1100. The maximum Gasteiger partial charge on any atom is 0.321 e. The molecule has 0 unspecified atom stereocenters. The van der Waals surface area contributed by atoms with Gasteiger partial charge in [-0.15, -0.1) is 5.73 Å². The van der Waals surface area contributed by atoms with Crippen LogP contribution in [0.3, 0.4) is 0 Å². The number of hydrogen-bond acceptors (Lipinski definition) is 5. The van der Waals surface area contributed by atoms with Crippen molar-refractivity contribution in [3.63, 3.8) is 0 Å². The van der Waals surface area contributed by atoms with Crippen molar-refractivity contribution in [3.8, 4) is 11.3 Å². The highest BCUT2D eigenvalue weighted by atomic mass is 16.5. The second-order valence-corrected chi connectivity index (χ2v) is 5.66. The standard InChI is InChI=1S/C18H14N4O3/c23-17-18(24)22(15-5-1-2-6-15)9-8-21(17)12-14-10-16(25-20-14)13-4-3-7-19-11-13/h1,3-4,7-11H,2,6,12H2. The lowest BCUT2D eigenvalue weighted by molar-refractivity contribution is 0.420. The first kappa shape index (κ1) is 15.1. The summed E-state index contributed by atoms with van der Waals surface area (Å²) in [6.45, 7) is 0.160. The molecule has 0 atom stereocenters. The summed E-state index contributed by atoms with van der Waals surface area (Å²) < 4.78 is 7.97. The van der Waals surface area contributed by atoms with Crippen LogP contribution in [0, 0.1) is 0 Å². The van der Waals surface area contributed by atoms with E-state index in [1.807, 2.05) is 12.1 Å². The summed E-state index contributed by atoms with van der Waals surface area (Å²) in [5.41, 5.74) is 3.88. The minimum Gasteiger partial charge on any atom is -0.356 e. The third-order valence-corrected chi connectivity index (χ3v) is 3.98. The van der Waals surface area contributed by atoms with E-state index >= 15 is 0 Å². The van der Waals surface area contributed by atoms with Crippen molar-refractivity contribution in [1.29, 1.82) is 0 Å². The Balaban J connectivity index is 1.63. The van der Waals surface area contributed by atoms with Crippen LogP contribution in [-0.2, 0) is 6.54 Å². The van der Waals surface area contributed by atoms with Gasteiger partial charge in [-0.05, 0) is 31.1 Å². The largest absolute Gasteiger partial charge is 0.356 e. The zero-order chi connectivity index (χ0) is 17.2. The Labute approximate surface area is 142 Å². The van der Waals surface area contributed by atoms with Crippen LogP contribution in [0.1, 0.15) is 18.5 Å². The predicted octanol–water partition coefficient (Wildman–Crippen LogP) is 1.90. The first-order chi connectivity index (χ1) is 12.2. The molecular weight excluding hydrogens is 320 g/mol. The number of pyridine rings is 1. The number of aromatic nitrogens is 4. The Morgan fingerprint density at radius 1 is 1.24 bits per heavy atom. The maximum absolute atomic E-state index is 12.3. The number of hydrogen-bond donors (Lipinski definition) is 0. The van der Waals surface area contributed by atoms with Crippen LogP contribution in [0.15, 0.2) is 68.9 Å². The minimum atomic E-state index is -0.602. The van der Waals surface area contributed by atoms with Crippen LogP contribution in [-0.4, -0.2) is 19.3 Å². The van der Waals surface area contributed by atoms with E-state index in [4.69, 9.17) is 4.52 Å². The normalized spacial score (nSPS) is 13.2. The fourth-order valence-corrected chi connectivity index (χ4v) is 2.71. The van der Waals surface area contributed by atoms with Crippen LogP contribution in [0.2, 0.25) is 0 Å². The van der Waals surface area contributed by atoms with Crippen molar-refractivity contribution in [2.24, 2.45) is 0 Å². The first-order valence-corrected chi connectivity index (χ1v) is 7.85. The summed E-state index contributed by atoms with van der Waals surface area (Å²) >= 11 is 0. The van der Waals surface area contributed by atoms with E-state index in [0.717, 1.165) is 17.7 Å². The van der Waals surface area contributed by atoms with Gasteiger partial charge in [0.25, 0.3) is 0 Å². The molecule has 7 nitrogen and oxygen atoms in total. The molecule has 0 N–H and O–H groups in total. The number of rotatable bonds is 4. The van der Waals surface area contributed by atoms with E-state index in [9.17, 15) is 9.59 Å². The quantitative estimate of drug-likeness (QED) is 0.537. The Kier molecular flexibility index (Phi) is 3.76. The van der Waals surface area contributed by atoms with Gasteiger partial charge in [0.15, 0.2) is 5.76 Å². The molecule has 0 aliphatic heterocycles. The Morgan fingerprint density at radius 2 is 2.16 bits per heavy atom. The first-order valence-electron chi connectivity index (χ1n) is 7.85. The second-order valence-electron chi connectivity index (χ2n) is 5.66. The SMILES string of the molecule is O=c1c(=O)n(C2=C=CCC2)ccn1Cc1cc(-c2cccnc2)on1. The molecular formula is C18H14N4O3. The average molecular weight is 334 g/mol. The Hall–Kier alpha value is -3.44. The molecule has 3 heterocycles. The lowest BCUT2D eigenvalue weighted by atomic mass is 10.2. The molecule has 0 spiro atoms. The van der Waals surface area contributed by atoms with Crippen molar-refractivity contribution in [2.45, 2.75) is 19.4 Å². The van der Waals surface area contributed by atoms with Crippen LogP contribution in [0.25, 0.3) is 17.0 Å². The van der Waals surface area contributed by atoms with Crippen LogP contribution in [0.4, 0.5) is 0 Å². The lowest BCUT2D eigenvalue weighted by Gasteiger charge is -2.07. The van der Waals surface area contributed by atoms with E-state index in [-0.39, 0.29) is 6.54 Å². The van der Waals surface area contributed by atoms with Gasteiger partial charge in [-0.25, -0.2) is 0 Å². The van der Waals surface area contributed by atoms with Crippen LogP contribution in [0.5, 0.6) is 0 Å². The van der Waals surface area contributed by atoms with E-state index in [1.165, 1.54) is 9.13 Å². The maximum atomic E-state index is 12.3. The molecule has 3 aromatic heterocycles. The highest BCUT2D eigenvalue weighted by Crippen LogP contribution is 2.19. The molecule has 0 saturated heterocycles. The van der Waals surface area contributed by atoms with E-state index in [1.54, 1.807) is 36.9 Å². The van der Waals surface area contributed by atoms with Gasteiger partial charge in [-0.2, -0.15) is 0 Å². The fourth-order valence-electron chi connectivity index (χ4n) is 2.71. The van der Waals surface area contributed by atoms with Gasteiger partial charge in [-0.3, -0.25) is 19.1 Å². The van der Waals surface area contributed by atoms with Crippen molar-refractivity contribution in [2.75, 3.05) is 0 Å². The third kappa shape index (κ3) is 2.88. The van der Waals surface area contributed by atoms with Gasteiger partial charge in [-0.1, -0.05) is 5.16 Å². The lowest BCUT2D eigenvalue weighted by Crippen LogP contribution is -2.40. The van der Waals surface area contributed by atoms with E-state index in [0.29, 0.717) is 17.9 Å². The summed E-state index contributed by atoms with van der Waals surface area (Å²) in [6.07, 6.45) is 9.91. The molecule has 0 fully saturated rings. The highest BCUT2D eigenvalue weighted by molar-refractivity contribution is 5.55. The molecule has 3 aromatic rings. The van der Waals surface area contributed by atoms with Crippen molar-refractivity contribution >= 4 is 5.70 Å². The average Bonchev–Trinajstić information content (AvgIpc) is 3.32.